The van der Waals surface area contributed by atoms with Crippen LogP contribution in [0.15, 0.2) is 36.7 Å². The topological polar surface area (TPSA) is 64.6 Å². The van der Waals surface area contributed by atoms with Crippen molar-refractivity contribution in [1.29, 1.82) is 0 Å². The molecule has 1 unspecified atom stereocenters. The van der Waals surface area contributed by atoms with Crippen LogP contribution < -0.4 is 9.47 Å². The number of carbonyl (C=O) groups excluding carboxylic acids is 1. The van der Waals surface area contributed by atoms with Gasteiger partial charge in [0.1, 0.15) is 6.10 Å². The monoisotopic (exact) mass is 341 g/mol. The summed E-state index contributed by atoms with van der Waals surface area (Å²) in [5.41, 5.74) is 2.22. The van der Waals surface area contributed by atoms with Crippen molar-refractivity contribution in [2.45, 2.75) is 32.3 Å². The number of rotatable bonds is 5. The minimum atomic E-state index is -0.0726. The van der Waals surface area contributed by atoms with E-state index in [4.69, 9.17) is 9.47 Å². The molecule has 1 atom stereocenters. The number of hydrogen-bond donors (Lipinski definition) is 0. The van der Waals surface area contributed by atoms with Crippen LogP contribution in [0.2, 0.25) is 0 Å². The number of nitrogens with zero attached hydrogens (tertiary/aromatic N) is 3. The fourth-order valence-corrected chi connectivity index (χ4v) is 3.03. The van der Waals surface area contributed by atoms with Crippen molar-refractivity contribution in [2.75, 3.05) is 20.2 Å². The SMILES string of the molecule is COc1cncc(OC2CCCN(C(=O)Cc3cccc(C)c3)C2)n1. The van der Waals surface area contributed by atoms with E-state index in [9.17, 15) is 4.79 Å². The Morgan fingerprint density at radius 1 is 1.32 bits per heavy atom. The third-order valence-electron chi connectivity index (χ3n) is 4.26. The van der Waals surface area contributed by atoms with E-state index in [1.54, 1.807) is 13.3 Å². The highest BCUT2D eigenvalue weighted by atomic mass is 16.5. The lowest BCUT2D eigenvalue weighted by Crippen LogP contribution is -2.45. The molecule has 0 saturated carbocycles. The van der Waals surface area contributed by atoms with Gasteiger partial charge in [0.05, 0.1) is 32.5 Å². The molecular formula is C19H23N3O3. The second kappa shape index (κ2) is 7.96. The Morgan fingerprint density at radius 2 is 2.16 bits per heavy atom. The maximum absolute atomic E-state index is 12.6. The van der Waals surface area contributed by atoms with Gasteiger partial charge >= 0.3 is 0 Å². The van der Waals surface area contributed by atoms with E-state index in [2.05, 4.69) is 16.0 Å². The Labute approximate surface area is 147 Å². The number of aromatic nitrogens is 2. The van der Waals surface area contributed by atoms with Crippen molar-refractivity contribution in [3.05, 3.63) is 47.8 Å². The number of likely N-dealkylation sites (tertiary alicyclic amines) is 1. The molecular weight excluding hydrogens is 318 g/mol. The van der Waals surface area contributed by atoms with Crippen LogP contribution in [-0.2, 0) is 11.2 Å². The lowest BCUT2D eigenvalue weighted by Gasteiger charge is -2.32. The van der Waals surface area contributed by atoms with E-state index < -0.39 is 0 Å². The molecule has 0 radical (unpaired) electrons. The number of piperidine rings is 1. The van der Waals surface area contributed by atoms with Crippen LogP contribution in [0.1, 0.15) is 24.0 Å². The van der Waals surface area contributed by atoms with Crippen LogP contribution in [0.3, 0.4) is 0 Å². The van der Waals surface area contributed by atoms with Crippen molar-refractivity contribution in [1.82, 2.24) is 14.9 Å². The Bertz CT molecular complexity index is 735. The normalized spacial score (nSPS) is 17.2. The number of amides is 1. The molecule has 132 valence electrons. The highest BCUT2D eigenvalue weighted by Gasteiger charge is 2.25. The lowest BCUT2D eigenvalue weighted by atomic mass is 10.1. The molecule has 2 aromatic rings. The zero-order valence-electron chi connectivity index (χ0n) is 14.6. The van der Waals surface area contributed by atoms with Crippen LogP contribution >= 0.6 is 0 Å². The Morgan fingerprint density at radius 3 is 2.96 bits per heavy atom. The molecule has 3 rings (SSSR count). The lowest BCUT2D eigenvalue weighted by molar-refractivity contribution is -0.133. The summed E-state index contributed by atoms with van der Waals surface area (Å²) in [6.45, 7) is 3.38. The van der Waals surface area contributed by atoms with Gasteiger partial charge in [-0.2, -0.15) is 4.98 Å². The van der Waals surface area contributed by atoms with Crippen LogP contribution in [0.4, 0.5) is 0 Å². The van der Waals surface area contributed by atoms with E-state index in [0.29, 0.717) is 24.7 Å². The fraction of sp³-hybridized carbons (Fsp3) is 0.421. The second-order valence-corrected chi connectivity index (χ2v) is 6.29. The summed E-state index contributed by atoms with van der Waals surface area (Å²) in [6, 6.07) is 8.08. The Hall–Kier alpha value is -2.63. The molecule has 1 amide bonds. The van der Waals surface area contributed by atoms with Gasteiger partial charge < -0.3 is 14.4 Å². The van der Waals surface area contributed by atoms with Crippen molar-refractivity contribution in [2.24, 2.45) is 0 Å². The first-order valence-electron chi connectivity index (χ1n) is 8.50. The number of aryl methyl sites for hydroxylation is 1. The third kappa shape index (κ3) is 4.68. The Kier molecular flexibility index (Phi) is 5.48. The zero-order chi connectivity index (χ0) is 17.6. The molecule has 0 aliphatic carbocycles. The summed E-state index contributed by atoms with van der Waals surface area (Å²) < 4.78 is 11.0. The predicted molar refractivity (Wildman–Crippen MR) is 93.7 cm³/mol. The maximum Gasteiger partial charge on any atom is 0.235 e. The van der Waals surface area contributed by atoms with E-state index in [1.807, 2.05) is 30.0 Å². The summed E-state index contributed by atoms with van der Waals surface area (Å²) in [6.07, 6.45) is 5.26. The molecule has 1 aromatic heterocycles. The quantitative estimate of drug-likeness (QED) is 0.836. The molecule has 2 heterocycles. The second-order valence-electron chi connectivity index (χ2n) is 6.29. The number of hydrogen-bond acceptors (Lipinski definition) is 5. The highest BCUT2D eigenvalue weighted by Crippen LogP contribution is 2.19. The first-order valence-corrected chi connectivity index (χ1v) is 8.50. The van der Waals surface area contributed by atoms with Crippen molar-refractivity contribution in [3.8, 4) is 11.8 Å². The van der Waals surface area contributed by atoms with E-state index in [0.717, 1.165) is 24.9 Å². The average Bonchev–Trinajstić information content (AvgIpc) is 2.62. The van der Waals surface area contributed by atoms with Gasteiger partial charge in [-0.05, 0) is 25.3 Å². The molecule has 1 aliphatic heterocycles. The number of carbonyl (C=O) groups is 1. The molecule has 1 aromatic carbocycles. The van der Waals surface area contributed by atoms with Gasteiger partial charge in [0.25, 0.3) is 0 Å². The largest absolute Gasteiger partial charge is 0.480 e. The fourth-order valence-electron chi connectivity index (χ4n) is 3.03. The summed E-state index contributed by atoms with van der Waals surface area (Å²) in [4.78, 5) is 22.7. The van der Waals surface area contributed by atoms with Gasteiger partial charge in [0.2, 0.25) is 17.7 Å². The van der Waals surface area contributed by atoms with Gasteiger partial charge in [-0.3, -0.25) is 9.78 Å². The predicted octanol–water partition coefficient (Wildman–Crippen LogP) is 2.41. The minimum Gasteiger partial charge on any atom is -0.480 e. The molecule has 0 spiro atoms. The molecule has 25 heavy (non-hydrogen) atoms. The van der Waals surface area contributed by atoms with Crippen LogP contribution in [0.25, 0.3) is 0 Å². The smallest absolute Gasteiger partial charge is 0.235 e. The molecule has 6 heteroatoms. The number of benzene rings is 1. The number of methoxy groups -OCH3 is 1. The standard InChI is InChI=1S/C19H23N3O3/c1-14-5-3-6-15(9-14)10-19(23)22-8-4-7-16(13-22)25-18-12-20-11-17(21-18)24-2/h3,5-6,9,11-12,16H,4,7-8,10,13H2,1-2H3. The van der Waals surface area contributed by atoms with Crippen molar-refractivity contribution in [3.63, 3.8) is 0 Å². The highest BCUT2D eigenvalue weighted by molar-refractivity contribution is 5.79. The average molecular weight is 341 g/mol. The Balaban J connectivity index is 1.59. The van der Waals surface area contributed by atoms with Crippen molar-refractivity contribution >= 4 is 5.91 Å². The zero-order valence-corrected chi connectivity index (χ0v) is 14.6. The van der Waals surface area contributed by atoms with Crippen LogP contribution in [0.5, 0.6) is 11.8 Å². The van der Waals surface area contributed by atoms with Gasteiger partial charge in [0.15, 0.2) is 0 Å². The van der Waals surface area contributed by atoms with Gasteiger partial charge in [-0.1, -0.05) is 29.8 Å². The third-order valence-corrected chi connectivity index (χ3v) is 4.26. The summed E-state index contributed by atoms with van der Waals surface area (Å²) in [5.74, 6) is 0.980. The van der Waals surface area contributed by atoms with Gasteiger partial charge in [-0.25, -0.2) is 0 Å². The van der Waals surface area contributed by atoms with Crippen LogP contribution in [0, 0.1) is 6.92 Å². The molecule has 0 bridgehead atoms. The summed E-state index contributed by atoms with van der Waals surface area (Å²) >= 11 is 0. The maximum atomic E-state index is 12.6. The number of ether oxygens (including phenoxy) is 2. The summed E-state index contributed by atoms with van der Waals surface area (Å²) in [7, 11) is 1.54. The van der Waals surface area contributed by atoms with Gasteiger partial charge in [-0.15, -0.1) is 0 Å². The van der Waals surface area contributed by atoms with Crippen molar-refractivity contribution < 1.29 is 14.3 Å². The summed E-state index contributed by atoms with van der Waals surface area (Å²) in [5, 5.41) is 0. The molecule has 1 aliphatic rings. The van der Waals surface area contributed by atoms with E-state index in [1.165, 1.54) is 11.8 Å². The van der Waals surface area contributed by atoms with E-state index >= 15 is 0 Å². The molecule has 1 saturated heterocycles. The van der Waals surface area contributed by atoms with E-state index in [-0.39, 0.29) is 12.0 Å². The van der Waals surface area contributed by atoms with Crippen LogP contribution in [-0.4, -0.2) is 47.1 Å². The van der Waals surface area contributed by atoms with Gasteiger partial charge in [0, 0.05) is 6.54 Å². The molecule has 6 nitrogen and oxygen atoms in total. The molecule has 0 N–H and O–H groups in total. The first kappa shape index (κ1) is 17.2. The minimum absolute atomic E-state index is 0.0726. The first-order chi connectivity index (χ1) is 12.1. The molecule has 1 fully saturated rings.